The number of carbonyl (C=O) groups excluding carboxylic acids is 1. The number of quaternary nitrogens is 1. The molecule has 3 aromatic carbocycles. The highest BCUT2D eigenvalue weighted by Gasteiger charge is 2.21. The van der Waals surface area contributed by atoms with Gasteiger partial charge in [0.15, 0.2) is 6.54 Å². The molecule has 0 fully saturated rings. The Bertz CT molecular complexity index is 1010. The highest BCUT2D eigenvalue weighted by molar-refractivity contribution is 6.31. The summed E-state index contributed by atoms with van der Waals surface area (Å²) in [6, 6.07) is 22.2. The molecule has 0 radical (unpaired) electrons. The molecule has 148 valence electrons. The quantitative estimate of drug-likeness (QED) is 0.458. The van der Waals surface area contributed by atoms with E-state index in [0.717, 1.165) is 16.7 Å². The van der Waals surface area contributed by atoms with E-state index in [1.54, 1.807) is 0 Å². The third-order valence-corrected chi connectivity index (χ3v) is 4.80. The molecule has 0 heterocycles. The summed E-state index contributed by atoms with van der Waals surface area (Å²) in [4.78, 5) is 23.1. The monoisotopic (exact) mass is 410 g/mol. The van der Waals surface area contributed by atoms with Crippen molar-refractivity contribution in [1.29, 1.82) is 0 Å². The molecule has 3 aromatic rings. The van der Waals surface area contributed by atoms with E-state index in [1.807, 2.05) is 66.8 Å². The molecule has 0 saturated heterocycles. The van der Waals surface area contributed by atoms with Gasteiger partial charge in [-0.05, 0) is 19.1 Å². The summed E-state index contributed by atoms with van der Waals surface area (Å²) in [7, 11) is 0. The molecule has 6 nitrogen and oxygen atoms in total. The maximum Gasteiger partial charge on any atom is 0.294 e. The number of hydrogen-bond acceptors (Lipinski definition) is 3. The minimum atomic E-state index is -0.565. The Balaban J connectivity index is 1.75. The van der Waals surface area contributed by atoms with Crippen LogP contribution < -0.4 is 10.6 Å². The van der Waals surface area contributed by atoms with E-state index in [4.69, 9.17) is 11.6 Å². The largest absolute Gasteiger partial charge is 0.328 e. The molecule has 0 aliphatic carbocycles. The minimum Gasteiger partial charge on any atom is -0.328 e. The lowest BCUT2D eigenvalue weighted by atomic mass is 9.98. The van der Waals surface area contributed by atoms with Crippen LogP contribution in [0, 0.1) is 17.0 Å². The topological polar surface area (TPSA) is 88.8 Å². The van der Waals surface area contributed by atoms with Gasteiger partial charge in [0.05, 0.1) is 4.92 Å². The zero-order valence-electron chi connectivity index (χ0n) is 15.8. The van der Waals surface area contributed by atoms with Crippen molar-refractivity contribution in [2.45, 2.75) is 13.0 Å². The van der Waals surface area contributed by atoms with Gasteiger partial charge in [0, 0.05) is 22.2 Å². The second-order valence-corrected chi connectivity index (χ2v) is 7.14. The predicted octanol–water partition coefficient (Wildman–Crippen LogP) is 3.85. The molecule has 0 spiro atoms. The van der Waals surface area contributed by atoms with E-state index in [9.17, 15) is 14.9 Å². The summed E-state index contributed by atoms with van der Waals surface area (Å²) >= 11 is 5.82. The number of nitro benzene ring substituents is 1. The molecular weight excluding hydrogens is 390 g/mol. The zero-order chi connectivity index (χ0) is 20.8. The van der Waals surface area contributed by atoms with Crippen LogP contribution in [0.3, 0.4) is 0 Å². The first kappa shape index (κ1) is 20.5. The van der Waals surface area contributed by atoms with Crippen LogP contribution in [-0.4, -0.2) is 17.4 Å². The van der Waals surface area contributed by atoms with Crippen LogP contribution in [0.4, 0.5) is 11.4 Å². The van der Waals surface area contributed by atoms with Crippen molar-refractivity contribution < 1.29 is 15.0 Å². The number of benzene rings is 3. The fourth-order valence-electron chi connectivity index (χ4n) is 3.09. The molecule has 0 bridgehead atoms. The van der Waals surface area contributed by atoms with Gasteiger partial charge in [-0.3, -0.25) is 14.9 Å². The Hall–Kier alpha value is -3.22. The number of rotatable bonds is 7. The van der Waals surface area contributed by atoms with Crippen LogP contribution in [0.2, 0.25) is 5.02 Å². The lowest BCUT2D eigenvalue weighted by Gasteiger charge is -2.17. The van der Waals surface area contributed by atoms with Gasteiger partial charge in [0.1, 0.15) is 11.7 Å². The summed E-state index contributed by atoms with van der Waals surface area (Å²) in [5, 5.41) is 16.0. The van der Waals surface area contributed by atoms with Crippen molar-refractivity contribution in [3.05, 3.63) is 105 Å². The average molecular weight is 411 g/mol. The van der Waals surface area contributed by atoms with E-state index < -0.39 is 4.92 Å². The van der Waals surface area contributed by atoms with Crippen LogP contribution in [0.25, 0.3) is 0 Å². The van der Waals surface area contributed by atoms with Crippen molar-refractivity contribution in [3.63, 3.8) is 0 Å². The molecule has 3 rings (SSSR count). The number of nitrogens with zero attached hydrogens (tertiary/aromatic N) is 1. The van der Waals surface area contributed by atoms with Crippen LogP contribution in [0.1, 0.15) is 22.7 Å². The SMILES string of the molecule is Cc1ccc([C@@H]([NH2+]CC(=O)Nc2ccc(Cl)cc2[N+](=O)[O-])c2ccccc2)cc1. The Morgan fingerprint density at radius 1 is 1.07 bits per heavy atom. The van der Waals surface area contributed by atoms with Crippen molar-refractivity contribution in [2.24, 2.45) is 0 Å². The smallest absolute Gasteiger partial charge is 0.294 e. The first-order chi connectivity index (χ1) is 13.9. The maximum absolute atomic E-state index is 12.5. The Kier molecular flexibility index (Phi) is 6.59. The molecule has 0 aliphatic heterocycles. The summed E-state index contributed by atoms with van der Waals surface area (Å²) in [6.07, 6.45) is 0. The van der Waals surface area contributed by atoms with Crippen LogP contribution in [0.15, 0.2) is 72.8 Å². The van der Waals surface area contributed by atoms with Crippen molar-refractivity contribution in [3.8, 4) is 0 Å². The Morgan fingerprint density at radius 3 is 2.38 bits per heavy atom. The number of nitrogens with one attached hydrogen (secondary N) is 1. The molecule has 7 heteroatoms. The van der Waals surface area contributed by atoms with Gasteiger partial charge in [-0.25, -0.2) is 0 Å². The minimum absolute atomic E-state index is 0.0669. The van der Waals surface area contributed by atoms with E-state index >= 15 is 0 Å². The number of anilines is 1. The van der Waals surface area contributed by atoms with E-state index in [-0.39, 0.29) is 34.9 Å². The van der Waals surface area contributed by atoms with Gasteiger partial charge in [0.25, 0.3) is 11.6 Å². The maximum atomic E-state index is 12.5. The van der Waals surface area contributed by atoms with E-state index in [1.165, 1.54) is 18.2 Å². The number of hydrogen-bond donors (Lipinski definition) is 2. The summed E-state index contributed by atoms with van der Waals surface area (Å²) < 4.78 is 0. The fourth-order valence-corrected chi connectivity index (χ4v) is 3.25. The highest BCUT2D eigenvalue weighted by atomic mass is 35.5. The predicted molar refractivity (Wildman–Crippen MR) is 113 cm³/mol. The zero-order valence-corrected chi connectivity index (χ0v) is 16.6. The first-order valence-electron chi connectivity index (χ1n) is 9.12. The highest BCUT2D eigenvalue weighted by Crippen LogP contribution is 2.27. The van der Waals surface area contributed by atoms with Gasteiger partial charge in [-0.2, -0.15) is 0 Å². The molecule has 0 saturated carbocycles. The van der Waals surface area contributed by atoms with Crippen LogP contribution in [-0.2, 0) is 4.79 Å². The summed E-state index contributed by atoms with van der Waals surface area (Å²) in [5.74, 6) is -0.330. The molecule has 29 heavy (non-hydrogen) atoms. The van der Waals surface area contributed by atoms with Crippen LogP contribution >= 0.6 is 11.6 Å². The second kappa shape index (κ2) is 9.32. The Labute approximate surface area is 173 Å². The van der Waals surface area contributed by atoms with Gasteiger partial charge in [0.2, 0.25) is 0 Å². The molecular formula is C22H21ClN3O3+. The lowest BCUT2D eigenvalue weighted by molar-refractivity contribution is -0.676. The van der Waals surface area contributed by atoms with Crippen LogP contribution in [0.5, 0.6) is 0 Å². The number of aryl methyl sites for hydroxylation is 1. The lowest BCUT2D eigenvalue weighted by Crippen LogP contribution is -2.87. The van der Waals surface area contributed by atoms with Crippen molar-refractivity contribution in [1.82, 2.24) is 0 Å². The first-order valence-corrected chi connectivity index (χ1v) is 9.50. The van der Waals surface area contributed by atoms with Gasteiger partial charge in [-0.1, -0.05) is 71.8 Å². The number of nitrogens with two attached hydrogens (primary N) is 1. The molecule has 1 amide bonds. The molecule has 0 aliphatic rings. The number of carbonyl (C=O) groups is 1. The summed E-state index contributed by atoms with van der Waals surface area (Å²) in [5.41, 5.74) is 3.20. The van der Waals surface area contributed by atoms with Gasteiger partial charge < -0.3 is 10.6 Å². The third-order valence-electron chi connectivity index (χ3n) is 4.56. The standard InChI is InChI=1S/C22H20ClN3O3/c1-15-7-9-17(10-8-15)22(16-5-3-2-4-6-16)24-14-21(27)25-19-12-11-18(23)13-20(19)26(28)29/h2-13,22,24H,14H2,1H3,(H,25,27)/p+1/t22-/m0/s1. The number of halogens is 1. The second-order valence-electron chi connectivity index (χ2n) is 6.71. The number of amides is 1. The van der Waals surface area contributed by atoms with Crippen molar-refractivity contribution in [2.75, 3.05) is 11.9 Å². The van der Waals surface area contributed by atoms with Gasteiger partial charge in [-0.15, -0.1) is 0 Å². The normalized spacial score (nSPS) is 11.7. The van der Waals surface area contributed by atoms with Gasteiger partial charge >= 0.3 is 0 Å². The molecule has 3 N–H and O–H groups in total. The molecule has 1 atom stereocenters. The van der Waals surface area contributed by atoms with Crippen molar-refractivity contribution >= 4 is 28.9 Å². The Morgan fingerprint density at radius 2 is 1.72 bits per heavy atom. The third kappa shape index (κ3) is 5.40. The van der Waals surface area contributed by atoms with E-state index in [2.05, 4.69) is 5.32 Å². The fraction of sp³-hybridized carbons (Fsp3) is 0.136. The number of nitro groups is 1. The molecule has 0 unspecified atom stereocenters. The average Bonchev–Trinajstić information content (AvgIpc) is 2.71. The summed E-state index contributed by atoms with van der Waals surface area (Å²) in [6.45, 7) is 2.13. The molecule has 0 aromatic heterocycles. The van der Waals surface area contributed by atoms with E-state index in [0.29, 0.717) is 0 Å².